The van der Waals surface area contributed by atoms with Gasteiger partial charge in [0, 0.05) is 25.5 Å². The molecule has 0 saturated heterocycles. The zero-order chi connectivity index (χ0) is 13.0. The van der Waals surface area contributed by atoms with E-state index in [9.17, 15) is 0 Å². The second-order valence-corrected chi connectivity index (χ2v) is 5.19. The fraction of sp³-hybridized carbons (Fsp3) is 0.357. The fourth-order valence-corrected chi connectivity index (χ4v) is 2.63. The second-order valence-electron chi connectivity index (χ2n) is 4.35. The lowest BCUT2D eigenvalue weighted by atomic mass is 10.1. The fourth-order valence-electron chi connectivity index (χ4n) is 1.76. The van der Waals surface area contributed by atoms with Crippen LogP contribution in [0.4, 0.5) is 5.13 Å². The van der Waals surface area contributed by atoms with Crippen LogP contribution >= 0.6 is 11.3 Å². The Hall–Kier alpha value is -1.39. The predicted octanol–water partition coefficient (Wildman–Crippen LogP) is 2.80. The average molecular weight is 261 g/mol. The molecule has 1 aromatic heterocycles. The molecule has 0 saturated carbocycles. The molecule has 4 heteroatoms. The van der Waals surface area contributed by atoms with E-state index in [4.69, 9.17) is 5.73 Å². The lowest BCUT2D eigenvalue weighted by Crippen LogP contribution is -2.16. The van der Waals surface area contributed by atoms with Gasteiger partial charge in [-0.3, -0.25) is 0 Å². The molecule has 0 aliphatic heterocycles. The molecule has 2 N–H and O–H groups in total. The molecule has 96 valence electrons. The molecule has 0 radical (unpaired) electrons. The number of hydrogen-bond donors (Lipinski definition) is 1. The Morgan fingerprint density at radius 3 is 2.44 bits per heavy atom. The molecule has 0 aliphatic carbocycles. The first kappa shape index (κ1) is 13.1. The van der Waals surface area contributed by atoms with E-state index in [1.54, 1.807) is 11.3 Å². The number of benzene rings is 1. The van der Waals surface area contributed by atoms with Gasteiger partial charge in [-0.15, -0.1) is 11.3 Å². The van der Waals surface area contributed by atoms with E-state index < -0.39 is 0 Å². The normalized spacial score (nSPS) is 10.6. The van der Waals surface area contributed by atoms with Gasteiger partial charge < -0.3 is 10.6 Å². The Bertz CT molecular complexity index is 490. The SMILES string of the molecule is CCc1csc(N(C)Cc2ccc(CN)cc2)n1. The number of thiazole rings is 1. The molecule has 18 heavy (non-hydrogen) atoms. The van der Waals surface area contributed by atoms with E-state index in [0.29, 0.717) is 6.54 Å². The van der Waals surface area contributed by atoms with Gasteiger partial charge in [0.2, 0.25) is 0 Å². The minimum Gasteiger partial charge on any atom is -0.347 e. The van der Waals surface area contributed by atoms with E-state index in [1.807, 2.05) is 0 Å². The summed E-state index contributed by atoms with van der Waals surface area (Å²) < 4.78 is 0. The predicted molar refractivity (Wildman–Crippen MR) is 77.9 cm³/mol. The standard InChI is InChI=1S/C14H19N3S/c1-3-13-10-18-14(16-13)17(2)9-12-6-4-11(8-15)5-7-12/h4-7,10H,3,8-9,15H2,1-2H3. The van der Waals surface area contributed by atoms with Crippen LogP contribution in [0.5, 0.6) is 0 Å². The molecule has 3 nitrogen and oxygen atoms in total. The number of nitrogens with zero attached hydrogens (tertiary/aromatic N) is 2. The van der Waals surface area contributed by atoms with Crippen molar-refractivity contribution < 1.29 is 0 Å². The van der Waals surface area contributed by atoms with E-state index in [-0.39, 0.29) is 0 Å². The van der Waals surface area contributed by atoms with E-state index in [0.717, 1.165) is 18.1 Å². The van der Waals surface area contributed by atoms with Crippen LogP contribution in [-0.2, 0) is 19.5 Å². The zero-order valence-corrected chi connectivity index (χ0v) is 11.7. The van der Waals surface area contributed by atoms with Gasteiger partial charge in [0.05, 0.1) is 5.69 Å². The van der Waals surface area contributed by atoms with Crippen molar-refractivity contribution in [2.24, 2.45) is 5.73 Å². The van der Waals surface area contributed by atoms with E-state index >= 15 is 0 Å². The number of hydrogen-bond acceptors (Lipinski definition) is 4. The molecule has 0 spiro atoms. The highest BCUT2D eigenvalue weighted by molar-refractivity contribution is 7.13. The van der Waals surface area contributed by atoms with Crippen LogP contribution in [0.15, 0.2) is 29.6 Å². The third-order valence-corrected chi connectivity index (χ3v) is 3.91. The summed E-state index contributed by atoms with van der Waals surface area (Å²) in [5, 5.41) is 3.21. The van der Waals surface area contributed by atoms with Gasteiger partial charge in [-0.05, 0) is 17.5 Å². The Balaban J connectivity index is 2.03. The van der Waals surface area contributed by atoms with Crippen molar-refractivity contribution in [3.05, 3.63) is 46.5 Å². The highest BCUT2D eigenvalue weighted by atomic mass is 32.1. The average Bonchev–Trinajstić information content (AvgIpc) is 2.88. The number of nitrogens with two attached hydrogens (primary N) is 1. The number of aryl methyl sites for hydroxylation is 1. The Kier molecular flexibility index (Phi) is 4.33. The molecule has 1 aromatic carbocycles. The lowest BCUT2D eigenvalue weighted by Gasteiger charge is -2.15. The number of rotatable bonds is 5. The summed E-state index contributed by atoms with van der Waals surface area (Å²) in [5.41, 5.74) is 9.21. The molecule has 2 rings (SSSR count). The highest BCUT2D eigenvalue weighted by Gasteiger charge is 2.06. The minimum absolute atomic E-state index is 0.600. The minimum atomic E-state index is 0.600. The quantitative estimate of drug-likeness (QED) is 0.900. The van der Waals surface area contributed by atoms with Gasteiger partial charge in [0.25, 0.3) is 0 Å². The third kappa shape index (κ3) is 3.09. The maximum atomic E-state index is 5.59. The maximum Gasteiger partial charge on any atom is 0.185 e. The lowest BCUT2D eigenvalue weighted by molar-refractivity contribution is 0.902. The summed E-state index contributed by atoms with van der Waals surface area (Å²) in [6.45, 7) is 3.61. The molecular weight excluding hydrogens is 242 g/mol. The second kappa shape index (κ2) is 5.98. The summed E-state index contributed by atoms with van der Waals surface area (Å²) in [4.78, 5) is 6.76. The van der Waals surface area contributed by atoms with Crippen molar-refractivity contribution in [3.8, 4) is 0 Å². The molecule has 0 aliphatic rings. The molecular formula is C14H19N3S. The Labute approximate surface area is 112 Å². The van der Waals surface area contributed by atoms with Crippen LogP contribution in [-0.4, -0.2) is 12.0 Å². The Morgan fingerprint density at radius 1 is 1.22 bits per heavy atom. The first-order valence-electron chi connectivity index (χ1n) is 6.16. The van der Waals surface area contributed by atoms with Gasteiger partial charge >= 0.3 is 0 Å². The van der Waals surface area contributed by atoms with Crippen molar-refractivity contribution in [2.75, 3.05) is 11.9 Å². The summed E-state index contributed by atoms with van der Waals surface area (Å²) >= 11 is 1.70. The summed E-state index contributed by atoms with van der Waals surface area (Å²) in [6.07, 6.45) is 0.996. The van der Waals surface area contributed by atoms with Crippen molar-refractivity contribution in [1.82, 2.24) is 4.98 Å². The summed E-state index contributed by atoms with van der Waals surface area (Å²) in [7, 11) is 2.08. The van der Waals surface area contributed by atoms with Gasteiger partial charge in [0.15, 0.2) is 5.13 Å². The monoisotopic (exact) mass is 261 g/mol. The molecule has 0 atom stereocenters. The van der Waals surface area contributed by atoms with Crippen LogP contribution in [0.2, 0.25) is 0 Å². The maximum absolute atomic E-state index is 5.59. The Morgan fingerprint density at radius 2 is 1.89 bits per heavy atom. The van der Waals surface area contributed by atoms with Crippen molar-refractivity contribution >= 4 is 16.5 Å². The number of anilines is 1. The molecule has 0 bridgehead atoms. The highest BCUT2D eigenvalue weighted by Crippen LogP contribution is 2.21. The zero-order valence-electron chi connectivity index (χ0n) is 10.9. The number of aromatic nitrogens is 1. The van der Waals surface area contributed by atoms with Crippen molar-refractivity contribution in [3.63, 3.8) is 0 Å². The van der Waals surface area contributed by atoms with E-state index in [1.165, 1.54) is 16.8 Å². The summed E-state index contributed by atoms with van der Waals surface area (Å²) in [6, 6.07) is 8.44. The van der Waals surface area contributed by atoms with Crippen LogP contribution in [0.25, 0.3) is 0 Å². The smallest absolute Gasteiger partial charge is 0.185 e. The largest absolute Gasteiger partial charge is 0.347 e. The first-order valence-corrected chi connectivity index (χ1v) is 7.04. The van der Waals surface area contributed by atoms with Crippen LogP contribution in [0.3, 0.4) is 0 Å². The van der Waals surface area contributed by atoms with Crippen LogP contribution in [0.1, 0.15) is 23.7 Å². The molecule has 0 amide bonds. The van der Waals surface area contributed by atoms with Crippen molar-refractivity contribution in [2.45, 2.75) is 26.4 Å². The topological polar surface area (TPSA) is 42.1 Å². The van der Waals surface area contributed by atoms with Gasteiger partial charge in [-0.2, -0.15) is 0 Å². The van der Waals surface area contributed by atoms with Gasteiger partial charge in [-0.25, -0.2) is 4.98 Å². The summed E-state index contributed by atoms with van der Waals surface area (Å²) in [5.74, 6) is 0. The van der Waals surface area contributed by atoms with Crippen molar-refractivity contribution in [1.29, 1.82) is 0 Å². The molecule has 0 unspecified atom stereocenters. The molecule has 2 aromatic rings. The molecule has 0 fully saturated rings. The third-order valence-electron chi connectivity index (χ3n) is 2.91. The van der Waals surface area contributed by atoms with E-state index in [2.05, 4.69) is 53.5 Å². The molecule has 1 heterocycles. The van der Waals surface area contributed by atoms with Crippen LogP contribution in [0, 0.1) is 0 Å². The first-order chi connectivity index (χ1) is 8.72. The van der Waals surface area contributed by atoms with Gasteiger partial charge in [-0.1, -0.05) is 31.2 Å². The van der Waals surface area contributed by atoms with Gasteiger partial charge in [0.1, 0.15) is 0 Å². The van der Waals surface area contributed by atoms with Crippen LogP contribution < -0.4 is 10.6 Å².